The third kappa shape index (κ3) is 6.13. The van der Waals surface area contributed by atoms with Crippen molar-refractivity contribution in [1.82, 2.24) is 10.0 Å². The van der Waals surface area contributed by atoms with Crippen LogP contribution in [0.1, 0.15) is 33.6 Å². The zero-order chi connectivity index (χ0) is 13.6. The molecule has 6 heteroatoms. The number of nitrogens with one attached hydrogen (secondary N) is 2. The summed E-state index contributed by atoms with van der Waals surface area (Å²) < 4.78 is 31.8. The average Bonchev–Trinajstić information content (AvgIpc) is 2.28. The number of sulfonamides is 1. The molecule has 0 radical (unpaired) electrons. The Labute approximate surface area is 111 Å². The van der Waals surface area contributed by atoms with Crippen LogP contribution in [-0.4, -0.2) is 46.0 Å². The molecule has 0 aliphatic carbocycles. The van der Waals surface area contributed by atoms with Crippen molar-refractivity contribution >= 4 is 10.0 Å². The quantitative estimate of drug-likeness (QED) is 0.720. The second-order valence-corrected chi connectivity index (χ2v) is 7.16. The van der Waals surface area contributed by atoms with E-state index in [-0.39, 0.29) is 11.8 Å². The zero-order valence-electron chi connectivity index (χ0n) is 11.6. The van der Waals surface area contributed by atoms with Crippen molar-refractivity contribution in [3.63, 3.8) is 0 Å². The minimum atomic E-state index is -3.18. The van der Waals surface area contributed by atoms with Gasteiger partial charge in [-0.15, -0.1) is 0 Å². The predicted molar refractivity (Wildman–Crippen MR) is 73.1 cm³/mol. The van der Waals surface area contributed by atoms with Gasteiger partial charge in [0.1, 0.15) is 0 Å². The molecule has 0 spiro atoms. The van der Waals surface area contributed by atoms with Gasteiger partial charge in [0, 0.05) is 31.8 Å². The summed E-state index contributed by atoms with van der Waals surface area (Å²) in [7, 11) is -3.18. The van der Waals surface area contributed by atoms with Crippen LogP contribution in [0.2, 0.25) is 0 Å². The highest BCUT2D eigenvalue weighted by Crippen LogP contribution is 2.18. The molecule has 1 aliphatic heterocycles. The fourth-order valence-corrected chi connectivity index (χ4v) is 3.40. The molecule has 1 unspecified atom stereocenters. The van der Waals surface area contributed by atoms with Gasteiger partial charge in [0.05, 0.1) is 5.75 Å². The second-order valence-electron chi connectivity index (χ2n) is 5.28. The average molecular weight is 278 g/mol. The molecule has 18 heavy (non-hydrogen) atoms. The van der Waals surface area contributed by atoms with E-state index in [2.05, 4.69) is 10.0 Å². The molecule has 1 fully saturated rings. The van der Waals surface area contributed by atoms with Crippen molar-refractivity contribution < 1.29 is 13.2 Å². The first-order valence-electron chi connectivity index (χ1n) is 6.72. The van der Waals surface area contributed by atoms with Crippen LogP contribution in [0.3, 0.4) is 0 Å². The molecule has 0 saturated carbocycles. The Morgan fingerprint density at radius 2 is 1.83 bits per heavy atom. The Morgan fingerprint density at radius 3 is 2.39 bits per heavy atom. The Hall–Kier alpha value is -0.170. The lowest BCUT2D eigenvalue weighted by Gasteiger charge is -2.28. The van der Waals surface area contributed by atoms with Gasteiger partial charge < -0.3 is 10.1 Å². The van der Waals surface area contributed by atoms with Gasteiger partial charge in [-0.3, -0.25) is 0 Å². The molecule has 5 nitrogen and oxygen atoms in total. The van der Waals surface area contributed by atoms with Crippen molar-refractivity contribution in [3.05, 3.63) is 0 Å². The van der Waals surface area contributed by atoms with Crippen LogP contribution >= 0.6 is 0 Å². The van der Waals surface area contributed by atoms with Crippen LogP contribution in [-0.2, 0) is 14.8 Å². The Bertz CT molecular complexity index is 324. The maximum absolute atomic E-state index is 11.9. The molecule has 0 amide bonds. The van der Waals surface area contributed by atoms with Gasteiger partial charge in [-0.1, -0.05) is 13.8 Å². The van der Waals surface area contributed by atoms with E-state index in [1.807, 2.05) is 20.8 Å². The first-order chi connectivity index (χ1) is 8.41. The van der Waals surface area contributed by atoms with Gasteiger partial charge in [0.2, 0.25) is 10.0 Å². The van der Waals surface area contributed by atoms with E-state index in [1.165, 1.54) is 0 Å². The maximum atomic E-state index is 11.9. The van der Waals surface area contributed by atoms with Gasteiger partial charge in [-0.25, -0.2) is 13.1 Å². The van der Waals surface area contributed by atoms with Crippen molar-refractivity contribution in [2.75, 3.05) is 25.5 Å². The lowest BCUT2D eigenvalue weighted by atomic mass is 9.94. The van der Waals surface area contributed by atoms with E-state index < -0.39 is 10.0 Å². The minimum absolute atomic E-state index is 0.00190. The molecule has 2 N–H and O–H groups in total. The van der Waals surface area contributed by atoms with Gasteiger partial charge in [0.25, 0.3) is 0 Å². The molecule has 108 valence electrons. The summed E-state index contributed by atoms with van der Waals surface area (Å²) >= 11 is 0. The summed E-state index contributed by atoms with van der Waals surface area (Å²) in [6.45, 7) is 7.93. The summed E-state index contributed by atoms with van der Waals surface area (Å²) in [6.07, 6.45) is 1.88. The van der Waals surface area contributed by atoms with Crippen molar-refractivity contribution in [3.8, 4) is 0 Å². The fraction of sp³-hybridized carbons (Fsp3) is 1.00. The maximum Gasteiger partial charge on any atom is 0.213 e. The Morgan fingerprint density at radius 1 is 1.22 bits per heavy atom. The molecule has 1 saturated heterocycles. The predicted octanol–water partition coefficient (Wildman–Crippen LogP) is 0.719. The first-order valence-corrected chi connectivity index (χ1v) is 8.37. The fourth-order valence-electron chi connectivity index (χ4n) is 2.14. The minimum Gasteiger partial charge on any atom is -0.381 e. The number of hydrogen-bond donors (Lipinski definition) is 2. The van der Waals surface area contributed by atoms with E-state index in [4.69, 9.17) is 4.74 Å². The van der Waals surface area contributed by atoms with Gasteiger partial charge in [0.15, 0.2) is 0 Å². The molecular formula is C12H26N2O3S. The number of hydrogen-bond acceptors (Lipinski definition) is 4. The molecule has 0 aromatic rings. The van der Waals surface area contributed by atoms with E-state index >= 15 is 0 Å². The van der Waals surface area contributed by atoms with Gasteiger partial charge in [-0.05, 0) is 25.7 Å². The van der Waals surface area contributed by atoms with E-state index in [9.17, 15) is 8.42 Å². The van der Waals surface area contributed by atoms with Crippen LogP contribution in [0, 0.1) is 5.92 Å². The molecule has 1 atom stereocenters. The summed E-state index contributed by atoms with van der Waals surface area (Å²) in [4.78, 5) is 0. The third-order valence-corrected chi connectivity index (χ3v) is 4.73. The first kappa shape index (κ1) is 15.9. The van der Waals surface area contributed by atoms with Crippen molar-refractivity contribution in [2.24, 2.45) is 5.92 Å². The molecule has 1 rings (SSSR count). The molecule has 1 heterocycles. The SMILES string of the molecule is CC(C)NCCS(=O)(=O)NC(C)C1CCOCC1. The highest BCUT2D eigenvalue weighted by molar-refractivity contribution is 7.89. The van der Waals surface area contributed by atoms with Crippen LogP contribution in [0.4, 0.5) is 0 Å². The molecule has 0 aromatic heterocycles. The molecular weight excluding hydrogens is 252 g/mol. The highest BCUT2D eigenvalue weighted by Gasteiger charge is 2.24. The standard InChI is InChI=1S/C12H26N2O3S/c1-10(2)13-6-9-18(15,16)14-11(3)12-4-7-17-8-5-12/h10-14H,4-9H2,1-3H3. The molecule has 1 aliphatic rings. The second kappa shape index (κ2) is 7.43. The zero-order valence-corrected chi connectivity index (χ0v) is 12.4. The molecule has 0 aromatic carbocycles. The monoisotopic (exact) mass is 278 g/mol. The summed E-state index contributed by atoms with van der Waals surface area (Å²) in [6, 6.07) is 0.311. The van der Waals surface area contributed by atoms with Crippen molar-refractivity contribution in [1.29, 1.82) is 0 Å². The number of ether oxygens (including phenoxy) is 1. The number of rotatable bonds is 7. The van der Waals surface area contributed by atoms with E-state index in [0.717, 1.165) is 26.1 Å². The highest BCUT2D eigenvalue weighted by atomic mass is 32.2. The third-order valence-electron chi connectivity index (χ3n) is 3.26. The van der Waals surface area contributed by atoms with Gasteiger partial charge >= 0.3 is 0 Å². The lowest BCUT2D eigenvalue weighted by Crippen LogP contribution is -2.43. The normalized spacial score (nSPS) is 20.2. The van der Waals surface area contributed by atoms with Gasteiger partial charge in [-0.2, -0.15) is 0 Å². The smallest absolute Gasteiger partial charge is 0.213 e. The van der Waals surface area contributed by atoms with E-state index in [1.54, 1.807) is 0 Å². The largest absolute Gasteiger partial charge is 0.381 e. The Kier molecular flexibility index (Phi) is 6.55. The van der Waals surface area contributed by atoms with Crippen LogP contribution in [0.15, 0.2) is 0 Å². The van der Waals surface area contributed by atoms with Crippen LogP contribution in [0.25, 0.3) is 0 Å². The topological polar surface area (TPSA) is 67.4 Å². The van der Waals surface area contributed by atoms with Crippen LogP contribution in [0.5, 0.6) is 0 Å². The summed E-state index contributed by atoms with van der Waals surface area (Å²) in [5.74, 6) is 0.533. The van der Waals surface area contributed by atoms with Crippen LogP contribution < -0.4 is 10.0 Å². The summed E-state index contributed by atoms with van der Waals surface area (Å²) in [5, 5.41) is 3.12. The molecule has 0 bridgehead atoms. The van der Waals surface area contributed by atoms with E-state index in [0.29, 0.717) is 18.5 Å². The van der Waals surface area contributed by atoms with Crippen molar-refractivity contribution in [2.45, 2.75) is 45.7 Å². The Balaban J connectivity index is 2.34. The summed E-state index contributed by atoms with van der Waals surface area (Å²) in [5.41, 5.74) is 0. The lowest BCUT2D eigenvalue weighted by molar-refractivity contribution is 0.0586.